The van der Waals surface area contributed by atoms with E-state index in [0.29, 0.717) is 5.69 Å². The normalized spacial score (nSPS) is 13.0. The SMILES string of the molecule is CCc1ccc([NH+]([O-])O)cc1. The van der Waals surface area contributed by atoms with Crippen molar-refractivity contribution in [3.63, 3.8) is 0 Å². The molecule has 3 heteroatoms. The minimum absolute atomic E-state index is 0.349. The van der Waals surface area contributed by atoms with Gasteiger partial charge >= 0.3 is 0 Å². The molecular formula is C8H11NO2. The Balaban J connectivity index is 2.83. The van der Waals surface area contributed by atoms with Crippen LogP contribution < -0.4 is 5.23 Å². The van der Waals surface area contributed by atoms with Crippen LogP contribution in [0.25, 0.3) is 0 Å². The van der Waals surface area contributed by atoms with E-state index < -0.39 is 5.23 Å². The van der Waals surface area contributed by atoms with Gasteiger partial charge in [-0.25, -0.2) is 5.21 Å². The monoisotopic (exact) mass is 153 g/mol. The maximum atomic E-state index is 10.4. The highest BCUT2D eigenvalue weighted by atomic mass is 16.8. The van der Waals surface area contributed by atoms with Crippen LogP contribution >= 0.6 is 0 Å². The van der Waals surface area contributed by atoms with E-state index in [4.69, 9.17) is 5.21 Å². The summed E-state index contributed by atoms with van der Waals surface area (Å²) in [7, 11) is 0. The molecule has 60 valence electrons. The van der Waals surface area contributed by atoms with E-state index in [-0.39, 0.29) is 0 Å². The lowest BCUT2D eigenvalue weighted by molar-refractivity contribution is -0.991. The standard InChI is InChI=1S/C8H11NO2/c1-2-7-3-5-8(6-4-7)9(10)11/h3-6,9-10H,2H2,1H3. The fourth-order valence-corrected chi connectivity index (χ4v) is 0.883. The number of aryl methyl sites for hydroxylation is 1. The van der Waals surface area contributed by atoms with Crippen LogP contribution in [-0.4, -0.2) is 5.21 Å². The van der Waals surface area contributed by atoms with Crippen molar-refractivity contribution in [2.75, 3.05) is 0 Å². The lowest BCUT2D eigenvalue weighted by Gasteiger charge is -2.10. The molecule has 0 heterocycles. The molecule has 0 aliphatic heterocycles. The van der Waals surface area contributed by atoms with Gasteiger partial charge in [0.2, 0.25) is 0 Å². The van der Waals surface area contributed by atoms with Gasteiger partial charge in [-0.05, 0) is 12.0 Å². The molecule has 0 radical (unpaired) electrons. The first-order valence-corrected chi connectivity index (χ1v) is 3.56. The van der Waals surface area contributed by atoms with E-state index in [2.05, 4.69) is 0 Å². The summed E-state index contributed by atoms with van der Waals surface area (Å²) >= 11 is 0. The number of nitrogens with one attached hydrogen (secondary N) is 1. The quantitative estimate of drug-likeness (QED) is 0.613. The second-order valence-electron chi connectivity index (χ2n) is 2.36. The summed E-state index contributed by atoms with van der Waals surface area (Å²) in [6.45, 7) is 2.04. The first kappa shape index (κ1) is 8.20. The van der Waals surface area contributed by atoms with E-state index in [1.165, 1.54) is 0 Å². The van der Waals surface area contributed by atoms with Crippen LogP contribution in [0, 0.1) is 5.21 Å². The minimum atomic E-state index is -0.868. The van der Waals surface area contributed by atoms with Crippen LogP contribution in [0.5, 0.6) is 0 Å². The van der Waals surface area contributed by atoms with Gasteiger partial charge < -0.3 is 5.21 Å². The van der Waals surface area contributed by atoms with E-state index in [9.17, 15) is 5.21 Å². The smallest absolute Gasteiger partial charge is 0.163 e. The van der Waals surface area contributed by atoms with Crippen molar-refractivity contribution in [3.8, 4) is 0 Å². The Labute approximate surface area is 65.4 Å². The summed E-state index contributed by atoms with van der Waals surface area (Å²) in [6, 6.07) is 6.93. The summed E-state index contributed by atoms with van der Waals surface area (Å²) < 4.78 is 0. The van der Waals surface area contributed by atoms with Gasteiger partial charge in [0.1, 0.15) is 0 Å². The summed E-state index contributed by atoms with van der Waals surface area (Å²) in [6.07, 6.45) is 0.944. The Hall–Kier alpha value is -0.900. The van der Waals surface area contributed by atoms with E-state index >= 15 is 0 Å². The van der Waals surface area contributed by atoms with Crippen LogP contribution in [0.3, 0.4) is 0 Å². The molecule has 0 amide bonds. The Morgan fingerprint density at radius 3 is 2.27 bits per heavy atom. The molecule has 0 aliphatic carbocycles. The molecule has 0 saturated heterocycles. The lowest BCUT2D eigenvalue weighted by Crippen LogP contribution is -2.99. The first-order valence-electron chi connectivity index (χ1n) is 3.56. The molecule has 0 fully saturated rings. The zero-order chi connectivity index (χ0) is 8.27. The molecular weight excluding hydrogens is 142 g/mol. The molecule has 3 nitrogen and oxygen atoms in total. The van der Waals surface area contributed by atoms with Crippen LogP contribution in [0.4, 0.5) is 5.69 Å². The highest BCUT2D eigenvalue weighted by Gasteiger charge is 1.96. The van der Waals surface area contributed by atoms with Crippen molar-refractivity contribution in [2.24, 2.45) is 0 Å². The Bertz CT molecular complexity index is 218. The van der Waals surface area contributed by atoms with Gasteiger partial charge in [0.15, 0.2) is 5.69 Å². The largest absolute Gasteiger partial charge is 0.595 e. The van der Waals surface area contributed by atoms with Crippen molar-refractivity contribution in [1.82, 2.24) is 0 Å². The predicted octanol–water partition coefficient (Wildman–Crippen LogP) is 0.652. The maximum absolute atomic E-state index is 10.4. The first-order chi connectivity index (χ1) is 5.24. The number of hydrogen-bond acceptors (Lipinski definition) is 2. The fourth-order valence-electron chi connectivity index (χ4n) is 0.883. The maximum Gasteiger partial charge on any atom is 0.163 e. The number of rotatable bonds is 2. The molecule has 1 aromatic carbocycles. The number of hydrogen-bond donors (Lipinski definition) is 2. The zero-order valence-electron chi connectivity index (χ0n) is 6.37. The molecule has 1 unspecified atom stereocenters. The molecule has 0 bridgehead atoms. The molecule has 0 aliphatic rings. The third-order valence-electron chi connectivity index (χ3n) is 1.61. The van der Waals surface area contributed by atoms with Gasteiger partial charge in [-0.1, -0.05) is 19.1 Å². The Morgan fingerprint density at radius 2 is 1.91 bits per heavy atom. The summed E-state index contributed by atoms with van der Waals surface area (Å²) in [5.74, 6) is 0. The van der Waals surface area contributed by atoms with Gasteiger partial charge in [-0.15, -0.1) is 0 Å². The molecule has 1 rings (SSSR count). The van der Waals surface area contributed by atoms with Crippen LogP contribution in [0.2, 0.25) is 0 Å². The van der Waals surface area contributed by atoms with Crippen molar-refractivity contribution >= 4 is 5.69 Å². The fraction of sp³-hybridized carbons (Fsp3) is 0.250. The molecule has 1 atom stereocenters. The molecule has 2 N–H and O–H groups in total. The average molecular weight is 153 g/mol. The Kier molecular flexibility index (Phi) is 2.59. The third kappa shape index (κ3) is 2.01. The lowest BCUT2D eigenvalue weighted by atomic mass is 10.2. The third-order valence-corrected chi connectivity index (χ3v) is 1.61. The summed E-state index contributed by atoms with van der Waals surface area (Å²) in [5, 5.41) is 18.1. The highest BCUT2D eigenvalue weighted by molar-refractivity contribution is 5.32. The van der Waals surface area contributed by atoms with Crippen molar-refractivity contribution < 1.29 is 10.4 Å². The van der Waals surface area contributed by atoms with Crippen LogP contribution in [-0.2, 0) is 6.42 Å². The molecule has 11 heavy (non-hydrogen) atoms. The van der Waals surface area contributed by atoms with Crippen molar-refractivity contribution in [2.45, 2.75) is 13.3 Å². The van der Waals surface area contributed by atoms with Crippen LogP contribution in [0.15, 0.2) is 24.3 Å². The van der Waals surface area contributed by atoms with Gasteiger partial charge in [0, 0.05) is 12.1 Å². The zero-order valence-corrected chi connectivity index (χ0v) is 6.37. The van der Waals surface area contributed by atoms with E-state index in [1.807, 2.05) is 19.1 Å². The topological polar surface area (TPSA) is 47.7 Å². The van der Waals surface area contributed by atoms with Gasteiger partial charge in [0.05, 0.1) is 0 Å². The van der Waals surface area contributed by atoms with Gasteiger partial charge in [0.25, 0.3) is 0 Å². The van der Waals surface area contributed by atoms with E-state index in [0.717, 1.165) is 12.0 Å². The van der Waals surface area contributed by atoms with E-state index in [1.54, 1.807) is 12.1 Å². The Morgan fingerprint density at radius 1 is 1.36 bits per heavy atom. The average Bonchev–Trinajstić information content (AvgIpc) is 2.05. The second-order valence-corrected chi connectivity index (χ2v) is 2.36. The predicted molar refractivity (Wildman–Crippen MR) is 41.6 cm³/mol. The summed E-state index contributed by atoms with van der Waals surface area (Å²) in [4.78, 5) is 0. The molecule has 1 aromatic rings. The number of quaternary nitrogens is 1. The molecule has 0 aromatic heterocycles. The van der Waals surface area contributed by atoms with Gasteiger partial charge in [-0.2, -0.15) is 5.23 Å². The molecule has 0 saturated carbocycles. The summed E-state index contributed by atoms with van der Waals surface area (Å²) in [5.41, 5.74) is 1.51. The van der Waals surface area contributed by atoms with Crippen molar-refractivity contribution in [3.05, 3.63) is 35.0 Å². The molecule has 0 spiro atoms. The second kappa shape index (κ2) is 3.48. The van der Waals surface area contributed by atoms with Crippen LogP contribution in [0.1, 0.15) is 12.5 Å². The number of benzene rings is 1. The highest BCUT2D eigenvalue weighted by Crippen LogP contribution is 2.04. The minimum Gasteiger partial charge on any atom is -0.595 e. The van der Waals surface area contributed by atoms with Gasteiger partial charge in [-0.3, -0.25) is 0 Å². The van der Waals surface area contributed by atoms with Crippen molar-refractivity contribution in [1.29, 1.82) is 0 Å².